The van der Waals surface area contributed by atoms with Gasteiger partial charge in [0.05, 0.1) is 5.56 Å². The highest BCUT2D eigenvalue weighted by molar-refractivity contribution is 6.31. The molecule has 0 bridgehead atoms. The zero-order valence-corrected chi connectivity index (χ0v) is 8.51. The van der Waals surface area contributed by atoms with E-state index in [2.05, 4.69) is 18.8 Å². The summed E-state index contributed by atoms with van der Waals surface area (Å²) in [7, 11) is 0. The van der Waals surface area contributed by atoms with Gasteiger partial charge in [-0.3, -0.25) is 4.79 Å². The van der Waals surface area contributed by atoms with Crippen molar-refractivity contribution in [1.29, 1.82) is 0 Å². The Kier molecular flexibility index (Phi) is 3.43. The summed E-state index contributed by atoms with van der Waals surface area (Å²) in [6.07, 6.45) is 3.26. The number of rotatable bonds is 3. The first-order valence-corrected chi connectivity index (χ1v) is 4.61. The van der Waals surface area contributed by atoms with E-state index in [1.807, 2.05) is 6.07 Å². The van der Waals surface area contributed by atoms with Gasteiger partial charge in [-0.2, -0.15) is 0 Å². The van der Waals surface area contributed by atoms with Crippen molar-refractivity contribution in [1.82, 2.24) is 4.98 Å². The molecule has 3 heteroatoms. The summed E-state index contributed by atoms with van der Waals surface area (Å²) in [4.78, 5) is 14.6. The van der Waals surface area contributed by atoms with Crippen LogP contribution in [0.3, 0.4) is 0 Å². The lowest BCUT2D eigenvalue weighted by Gasteiger charge is -2.07. The maximum absolute atomic E-state index is 10.7. The molecule has 0 fully saturated rings. The molecule has 0 atom stereocenters. The number of pyridine rings is 1. The van der Waals surface area contributed by atoms with Gasteiger partial charge in [0.15, 0.2) is 6.29 Å². The molecule has 70 valence electrons. The second-order valence-electron chi connectivity index (χ2n) is 3.39. The van der Waals surface area contributed by atoms with E-state index in [9.17, 15) is 4.79 Å². The highest BCUT2D eigenvalue weighted by Gasteiger charge is 2.07. The smallest absolute Gasteiger partial charge is 0.153 e. The van der Waals surface area contributed by atoms with E-state index in [0.717, 1.165) is 18.3 Å². The minimum atomic E-state index is 0.299. The summed E-state index contributed by atoms with van der Waals surface area (Å²) in [5, 5.41) is 0.299. The molecule has 0 radical (unpaired) electrons. The van der Waals surface area contributed by atoms with Crippen LogP contribution in [0.5, 0.6) is 0 Å². The van der Waals surface area contributed by atoms with Crippen LogP contribution >= 0.6 is 11.6 Å². The van der Waals surface area contributed by atoms with Crippen molar-refractivity contribution in [3.8, 4) is 0 Å². The number of aromatic nitrogens is 1. The Morgan fingerprint density at radius 1 is 1.62 bits per heavy atom. The van der Waals surface area contributed by atoms with Gasteiger partial charge in [-0.15, -0.1) is 0 Å². The standard InChI is InChI=1S/C10H12ClNO/c1-7(2)5-8-3-4-12-10(11)9(8)6-13/h3-4,6-7H,5H2,1-2H3. The van der Waals surface area contributed by atoms with Gasteiger partial charge >= 0.3 is 0 Å². The van der Waals surface area contributed by atoms with Crippen LogP contribution in [-0.2, 0) is 6.42 Å². The topological polar surface area (TPSA) is 30.0 Å². The molecule has 0 aliphatic heterocycles. The molecule has 2 nitrogen and oxygen atoms in total. The fraction of sp³-hybridized carbons (Fsp3) is 0.400. The number of hydrogen-bond donors (Lipinski definition) is 0. The Labute approximate surface area is 82.9 Å². The van der Waals surface area contributed by atoms with Crippen LogP contribution < -0.4 is 0 Å². The van der Waals surface area contributed by atoms with Crippen LogP contribution in [0.4, 0.5) is 0 Å². The first kappa shape index (κ1) is 10.2. The summed E-state index contributed by atoms with van der Waals surface area (Å²) in [5.74, 6) is 0.511. The van der Waals surface area contributed by atoms with Crippen LogP contribution in [0.15, 0.2) is 12.3 Å². The fourth-order valence-electron chi connectivity index (χ4n) is 1.23. The van der Waals surface area contributed by atoms with Crippen LogP contribution in [-0.4, -0.2) is 11.3 Å². The van der Waals surface area contributed by atoms with Crippen molar-refractivity contribution in [2.75, 3.05) is 0 Å². The monoisotopic (exact) mass is 197 g/mol. The third-order valence-corrected chi connectivity index (χ3v) is 2.08. The van der Waals surface area contributed by atoms with Gasteiger partial charge in [-0.05, 0) is 24.0 Å². The van der Waals surface area contributed by atoms with Gasteiger partial charge in [0.1, 0.15) is 5.15 Å². The van der Waals surface area contributed by atoms with Gasteiger partial charge in [0, 0.05) is 6.20 Å². The third kappa shape index (κ3) is 2.52. The SMILES string of the molecule is CC(C)Cc1ccnc(Cl)c1C=O. The molecule has 1 aromatic heterocycles. The number of carbonyl (C=O) groups is 1. The summed E-state index contributed by atoms with van der Waals surface area (Å²) in [5.41, 5.74) is 1.50. The van der Waals surface area contributed by atoms with E-state index >= 15 is 0 Å². The second-order valence-corrected chi connectivity index (χ2v) is 3.75. The molecular formula is C10H12ClNO. The van der Waals surface area contributed by atoms with E-state index in [4.69, 9.17) is 11.6 Å². The zero-order chi connectivity index (χ0) is 9.84. The molecule has 1 heterocycles. The molecule has 13 heavy (non-hydrogen) atoms. The van der Waals surface area contributed by atoms with E-state index in [1.54, 1.807) is 6.20 Å². The average Bonchev–Trinajstić information content (AvgIpc) is 2.03. The van der Waals surface area contributed by atoms with E-state index < -0.39 is 0 Å². The highest BCUT2D eigenvalue weighted by atomic mass is 35.5. The van der Waals surface area contributed by atoms with Crippen molar-refractivity contribution < 1.29 is 4.79 Å². The zero-order valence-electron chi connectivity index (χ0n) is 7.75. The van der Waals surface area contributed by atoms with Gasteiger partial charge in [-0.1, -0.05) is 25.4 Å². The second kappa shape index (κ2) is 4.38. The van der Waals surface area contributed by atoms with Crippen LogP contribution in [0.25, 0.3) is 0 Å². The lowest BCUT2D eigenvalue weighted by Crippen LogP contribution is -2.00. The molecule has 1 rings (SSSR count). The Hall–Kier alpha value is -0.890. The predicted molar refractivity (Wildman–Crippen MR) is 53.2 cm³/mol. The first-order chi connectivity index (χ1) is 6.15. The lowest BCUT2D eigenvalue weighted by molar-refractivity contribution is 0.112. The molecule has 0 aliphatic carbocycles. The van der Waals surface area contributed by atoms with Crippen molar-refractivity contribution >= 4 is 17.9 Å². The predicted octanol–water partition coefficient (Wildman–Crippen LogP) is 2.75. The molecule has 1 aromatic rings. The molecular weight excluding hydrogens is 186 g/mol. The molecule has 0 unspecified atom stereocenters. The van der Waals surface area contributed by atoms with Crippen molar-refractivity contribution in [3.05, 3.63) is 28.5 Å². The van der Waals surface area contributed by atoms with Gasteiger partial charge in [0.25, 0.3) is 0 Å². The number of hydrogen-bond acceptors (Lipinski definition) is 2. The molecule has 0 saturated carbocycles. The summed E-state index contributed by atoms with van der Waals surface area (Å²) < 4.78 is 0. The van der Waals surface area contributed by atoms with Gasteiger partial charge < -0.3 is 0 Å². The van der Waals surface area contributed by atoms with E-state index in [-0.39, 0.29) is 0 Å². The Morgan fingerprint density at radius 2 is 2.31 bits per heavy atom. The number of aldehydes is 1. The third-order valence-electron chi connectivity index (χ3n) is 1.78. The average molecular weight is 198 g/mol. The van der Waals surface area contributed by atoms with E-state index in [0.29, 0.717) is 16.6 Å². The number of carbonyl (C=O) groups excluding carboxylic acids is 1. The van der Waals surface area contributed by atoms with Crippen LogP contribution in [0, 0.1) is 5.92 Å². The van der Waals surface area contributed by atoms with Crippen molar-refractivity contribution in [2.24, 2.45) is 5.92 Å². The minimum Gasteiger partial charge on any atom is -0.298 e. The van der Waals surface area contributed by atoms with Crippen molar-refractivity contribution in [3.63, 3.8) is 0 Å². The molecule has 0 saturated heterocycles. The normalized spacial score (nSPS) is 10.5. The lowest BCUT2D eigenvalue weighted by atomic mass is 10.0. The Bertz CT molecular complexity index is 310. The van der Waals surface area contributed by atoms with Crippen LogP contribution in [0.1, 0.15) is 29.8 Å². The Balaban J connectivity index is 3.05. The molecule has 0 aliphatic rings. The van der Waals surface area contributed by atoms with Gasteiger partial charge in [0.2, 0.25) is 0 Å². The van der Waals surface area contributed by atoms with Crippen molar-refractivity contribution in [2.45, 2.75) is 20.3 Å². The molecule has 0 N–H and O–H groups in total. The minimum absolute atomic E-state index is 0.299. The summed E-state index contributed by atoms with van der Waals surface area (Å²) in [6.45, 7) is 4.20. The highest BCUT2D eigenvalue weighted by Crippen LogP contribution is 2.17. The number of nitrogens with zero attached hydrogens (tertiary/aromatic N) is 1. The fourth-order valence-corrected chi connectivity index (χ4v) is 1.45. The molecule has 0 amide bonds. The van der Waals surface area contributed by atoms with Gasteiger partial charge in [-0.25, -0.2) is 4.98 Å². The Morgan fingerprint density at radius 3 is 2.85 bits per heavy atom. The quantitative estimate of drug-likeness (QED) is 0.551. The maximum Gasteiger partial charge on any atom is 0.153 e. The largest absolute Gasteiger partial charge is 0.298 e. The summed E-state index contributed by atoms with van der Waals surface area (Å²) >= 11 is 5.77. The molecule has 0 spiro atoms. The first-order valence-electron chi connectivity index (χ1n) is 4.23. The van der Waals surface area contributed by atoms with E-state index in [1.165, 1.54) is 0 Å². The molecule has 0 aromatic carbocycles. The number of halogens is 1. The van der Waals surface area contributed by atoms with Crippen LogP contribution in [0.2, 0.25) is 5.15 Å². The maximum atomic E-state index is 10.7. The summed E-state index contributed by atoms with van der Waals surface area (Å²) in [6, 6.07) is 1.84.